The predicted octanol–water partition coefficient (Wildman–Crippen LogP) is 0.752. The van der Waals surface area contributed by atoms with Crippen molar-refractivity contribution in [3.63, 3.8) is 0 Å². The van der Waals surface area contributed by atoms with Crippen LogP contribution in [0.4, 0.5) is 0 Å². The third-order valence-corrected chi connectivity index (χ3v) is 1.71. The summed E-state index contributed by atoms with van der Waals surface area (Å²) in [4.78, 5) is 11.7. The SMILES string of the molecule is c1cc(OCCn2ccnc2)ncn1. The standard InChI is InChI=1S/C9H10N4O/c1-2-10-7-12-9(1)14-6-5-13-4-3-11-8-13/h1-4,7-8H,5-6H2. The van der Waals surface area contributed by atoms with Gasteiger partial charge in [-0.3, -0.25) is 0 Å². The van der Waals surface area contributed by atoms with E-state index in [4.69, 9.17) is 4.74 Å². The van der Waals surface area contributed by atoms with Gasteiger partial charge in [-0.1, -0.05) is 0 Å². The Kier molecular flexibility index (Phi) is 2.70. The Labute approximate surface area is 81.4 Å². The molecule has 5 heteroatoms. The second kappa shape index (κ2) is 4.36. The van der Waals surface area contributed by atoms with E-state index in [1.807, 2.05) is 10.8 Å². The van der Waals surface area contributed by atoms with Crippen LogP contribution in [-0.2, 0) is 6.54 Å². The minimum atomic E-state index is 0.577. The van der Waals surface area contributed by atoms with Gasteiger partial charge in [0.05, 0.1) is 12.9 Å². The van der Waals surface area contributed by atoms with Crippen LogP contribution in [0.25, 0.3) is 0 Å². The minimum absolute atomic E-state index is 0.577. The van der Waals surface area contributed by atoms with Crippen LogP contribution in [0.5, 0.6) is 5.88 Å². The fourth-order valence-electron chi connectivity index (χ4n) is 1.04. The van der Waals surface area contributed by atoms with Crippen LogP contribution in [-0.4, -0.2) is 26.1 Å². The molecule has 5 nitrogen and oxygen atoms in total. The molecule has 0 aliphatic heterocycles. The fourth-order valence-corrected chi connectivity index (χ4v) is 1.04. The highest BCUT2D eigenvalue weighted by molar-refractivity contribution is 5.03. The zero-order chi connectivity index (χ0) is 9.64. The molecule has 0 N–H and O–H groups in total. The molecule has 0 spiro atoms. The van der Waals surface area contributed by atoms with Crippen LogP contribution < -0.4 is 4.74 Å². The molecule has 72 valence electrons. The lowest BCUT2D eigenvalue weighted by Crippen LogP contribution is -2.07. The molecule has 0 radical (unpaired) electrons. The van der Waals surface area contributed by atoms with Gasteiger partial charge in [0.2, 0.25) is 5.88 Å². The number of imidazole rings is 1. The van der Waals surface area contributed by atoms with Crippen molar-refractivity contribution in [2.75, 3.05) is 6.61 Å². The van der Waals surface area contributed by atoms with Gasteiger partial charge in [-0.25, -0.2) is 15.0 Å². The molecule has 2 rings (SSSR count). The van der Waals surface area contributed by atoms with Gasteiger partial charge >= 0.3 is 0 Å². The van der Waals surface area contributed by atoms with E-state index in [9.17, 15) is 0 Å². The van der Waals surface area contributed by atoms with Crippen molar-refractivity contribution in [2.24, 2.45) is 0 Å². The third-order valence-electron chi connectivity index (χ3n) is 1.71. The second-order valence-electron chi connectivity index (χ2n) is 2.70. The summed E-state index contributed by atoms with van der Waals surface area (Å²) in [5, 5.41) is 0. The first kappa shape index (κ1) is 8.68. The molecule has 0 atom stereocenters. The van der Waals surface area contributed by atoms with Crippen molar-refractivity contribution in [3.8, 4) is 5.88 Å². The first-order valence-electron chi connectivity index (χ1n) is 4.30. The molecule has 0 saturated heterocycles. The average Bonchev–Trinajstić information content (AvgIpc) is 2.72. The van der Waals surface area contributed by atoms with Crippen molar-refractivity contribution in [1.82, 2.24) is 19.5 Å². The van der Waals surface area contributed by atoms with E-state index in [-0.39, 0.29) is 0 Å². The van der Waals surface area contributed by atoms with Crippen molar-refractivity contribution < 1.29 is 4.74 Å². The summed E-state index contributed by atoms with van der Waals surface area (Å²) in [6, 6.07) is 1.73. The van der Waals surface area contributed by atoms with Gasteiger partial charge in [-0.05, 0) is 0 Å². The van der Waals surface area contributed by atoms with Crippen LogP contribution in [0.2, 0.25) is 0 Å². The lowest BCUT2D eigenvalue weighted by Gasteiger charge is -2.04. The maximum absolute atomic E-state index is 5.38. The van der Waals surface area contributed by atoms with Gasteiger partial charge in [0.1, 0.15) is 12.9 Å². The maximum atomic E-state index is 5.38. The second-order valence-corrected chi connectivity index (χ2v) is 2.70. The van der Waals surface area contributed by atoms with Crippen LogP contribution in [0.1, 0.15) is 0 Å². The van der Waals surface area contributed by atoms with E-state index >= 15 is 0 Å². The number of rotatable bonds is 4. The number of nitrogens with zero attached hydrogens (tertiary/aromatic N) is 4. The van der Waals surface area contributed by atoms with Crippen molar-refractivity contribution in [3.05, 3.63) is 37.3 Å². The van der Waals surface area contributed by atoms with E-state index in [0.717, 1.165) is 6.54 Å². The third kappa shape index (κ3) is 2.29. The molecule has 0 amide bonds. The Bertz CT molecular complexity index is 360. The molecule has 0 saturated carbocycles. The number of hydrogen-bond donors (Lipinski definition) is 0. The minimum Gasteiger partial charge on any atom is -0.476 e. The highest BCUT2D eigenvalue weighted by Crippen LogP contribution is 2.01. The van der Waals surface area contributed by atoms with Gasteiger partial charge in [0.15, 0.2) is 0 Å². The molecule has 0 bridgehead atoms. The predicted molar refractivity (Wildman–Crippen MR) is 49.8 cm³/mol. The Morgan fingerprint density at radius 1 is 1.29 bits per heavy atom. The average molecular weight is 190 g/mol. The highest BCUT2D eigenvalue weighted by atomic mass is 16.5. The number of hydrogen-bond acceptors (Lipinski definition) is 4. The zero-order valence-corrected chi connectivity index (χ0v) is 7.58. The van der Waals surface area contributed by atoms with Crippen molar-refractivity contribution in [2.45, 2.75) is 6.54 Å². The Morgan fingerprint density at radius 2 is 2.29 bits per heavy atom. The molecule has 0 fully saturated rings. The number of aromatic nitrogens is 4. The van der Waals surface area contributed by atoms with Crippen LogP contribution in [0.15, 0.2) is 37.3 Å². The van der Waals surface area contributed by atoms with E-state index in [0.29, 0.717) is 12.5 Å². The summed E-state index contributed by atoms with van der Waals surface area (Å²) in [7, 11) is 0. The van der Waals surface area contributed by atoms with Crippen LogP contribution >= 0.6 is 0 Å². The summed E-state index contributed by atoms with van der Waals surface area (Å²) in [5.41, 5.74) is 0. The zero-order valence-electron chi connectivity index (χ0n) is 7.58. The number of ether oxygens (including phenoxy) is 1. The molecule has 0 unspecified atom stereocenters. The Morgan fingerprint density at radius 3 is 3.00 bits per heavy atom. The van der Waals surface area contributed by atoms with Gasteiger partial charge in [-0.2, -0.15) is 0 Å². The van der Waals surface area contributed by atoms with Gasteiger partial charge in [0.25, 0.3) is 0 Å². The normalized spacial score (nSPS) is 10.0. The monoisotopic (exact) mass is 190 g/mol. The molecule has 2 aromatic heterocycles. The van der Waals surface area contributed by atoms with Gasteiger partial charge in [0, 0.05) is 24.7 Å². The Balaban J connectivity index is 1.79. The van der Waals surface area contributed by atoms with Crippen molar-refractivity contribution >= 4 is 0 Å². The van der Waals surface area contributed by atoms with E-state index < -0.39 is 0 Å². The highest BCUT2D eigenvalue weighted by Gasteiger charge is 1.93. The van der Waals surface area contributed by atoms with Gasteiger partial charge in [-0.15, -0.1) is 0 Å². The molecule has 0 aliphatic rings. The molecule has 2 heterocycles. The molecular formula is C9H10N4O. The smallest absolute Gasteiger partial charge is 0.216 e. The quantitative estimate of drug-likeness (QED) is 0.714. The summed E-state index contributed by atoms with van der Waals surface area (Å²) < 4.78 is 7.33. The molecule has 0 aliphatic carbocycles. The lowest BCUT2D eigenvalue weighted by atomic mass is 10.6. The maximum Gasteiger partial charge on any atom is 0.216 e. The topological polar surface area (TPSA) is 52.8 Å². The summed E-state index contributed by atoms with van der Waals surface area (Å²) >= 11 is 0. The van der Waals surface area contributed by atoms with Gasteiger partial charge < -0.3 is 9.30 Å². The Hall–Kier alpha value is -1.91. The summed E-state index contributed by atoms with van der Waals surface area (Å²) in [6.45, 7) is 1.34. The molecule has 0 aromatic carbocycles. The molecular weight excluding hydrogens is 180 g/mol. The van der Waals surface area contributed by atoms with E-state index in [1.165, 1.54) is 6.33 Å². The molecule has 14 heavy (non-hydrogen) atoms. The first-order valence-corrected chi connectivity index (χ1v) is 4.30. The van der Waals surface area contributed by atoms with E-state index in [1.54, 1.807) is 24.8 Å². The molecule has 2 aromatic rings. The summed E-state index contributed by atoms with van der Waals surface area (Å²) in [5.74, 6) is 0.597. The fraction of sp³-hybridized carbons (Fsp3) is 0.222. The summed E-state index contributed by atoms with van der Waals surface area (Å²) in [6.07, 6.45) is 8.50. The largest absolute Gasteiger partial charge is 0.476 e. The first-order chi connectivity index (χ1) is 6.95. The van der Waals surface area contributed by atoms with Crippen LogP contribution in [0, 0.1) is 0 Å². The van der Waals surface area contributed by atoms with E-state index in [2.05, 4.69) is 15.0 Å². The van der Waals surface area contributed by atoms with Crippen molar-refractivity contribution in [1.29, 1.82) is 0 Å². The lowest BCUT2D eigenvalue weighted by molar-refractivity contribution is 0.287. The van der Waals surface area contributed by atoms with Crippen LogP contribution in [0.3, 0.4) is 0 Å².